The number of aromatic nitrogens is 1. The second kappa shape index (κ2) is 4.75. The lowest BCUT2D eigenvalue weighted by Gasteiger charge is -2.24. The van der Waals surface area contributed by atoms with Gasteiger partial charge in [-0.25, -0.2) is 8.42 Å². The Morgan fingerprint density at radius 3 is 2.80 bits per heavy atom. The van der Waals surface area contributed by atoms with Gasteiger partial charge in [0.15, 0.2) is 0 Å². The molecule has 0 N–H and O–H groups in total. The second-order valence-corrected chi connectivity index (χ2v) is 7.07. The van der Waals surface area contributed by atoms with Crippen LogP contribution in [-0.2, 0) is 16.4 Å². The molecular weight excluding hydrogens is 296 g/mol. The van der Waals surface area contributed by atoms with E-state index < -0.39 is 10.0 Å². The fourth-order valence-corrected chi connectivity index (χ4v) is 4.47. The molecule has 0 bridgehead atoms. The fourth-order valence-electron chi connectivity index (χ4n) is 2.55. The van der Waals surface area contributed by atoms with Crippen molar-refractivity contribution in [1.82, 2.24) is 4.98 Å². The summed E-state index contributed by atoms with van der Waals surface area (Å²) < 4.78 is 27.0. The summed E-state index contributed by atoms with van der Waals surface area (Å²) in [4.78, 5) is 3.98. The van der Waals surface area contributed by atoms with Gasteiger partial charge in [0.05, 0.1) is 10.7 Å². The van der Waals surface area contributed by atoms with E-state index in [4.69, 9.17) is 11.6 Å². The molecule has 0 amide bonds. The Morgan fingerprint density at radius 2 is 2.05 bits per heavy atom. The minimum Gasteiger partial charge on any atom is -0.263 e. The smallest absolute Gasteiger partial charge is 0.263 e. The Bertz CT molecular complexity index is 761. The molecule has 0 saturated heterocycles. The second-order valence-electron chi connectivity index (χ2n) is 4.82. The lowest BCUT2D eigenvalue weighted by Crippen LogP contribution is -2.35. The number of nitrogens with zero attached hydrogens (tertiary/aromatic N) is 2. The molecule has 0 fully saturated rings. The van der Waals surface area contributed by atoms with Crippen LogP contribution in [0.15, 0.2) is 47.6 Å². The summed E-state index contributed by atoms with van der Waals surface area (Å²) in [5, 5.41) is 0.311. The summed E-state index contributed by atoms with van der Waals surface area (Å²) in [6.45, 7) is 1.90. The highest BCUT2D eigenvalue weighted by molar-refractivity contribution is 7.92. The Labute approximate surface area is 123 Å². The number of anilines is 1. The zero-order chi connectivity index (χ0) is 14.3. The lowest BCUT2D eigenvalue weighted by atomic mass is 10.1. The number of hydrogen-bond donors (Lipinski definition) is 0. The topological polar surface area (TPSA) is 50.3 Å². The maximum Gasteiger partial charge on any atom is 0.266 e. The van der Waals surface area contributed by atoms with Crippen molar-refractivity contribution in [3.8, 4) is 0 Å². The molecule has 2 heterocycles. The van der Waals surface area contributed by atoms with Crippen LogP contribution in [0.5, 0.6) is 0 Å². The molecule has 0 spiro atoms. The van der Waals surface area contributed by atoms with E-state index in [-0.39, 0.29) is 10.9 Å². The molecule has 20 heavy (non-hydrogen) atoms. The summed E-state index contributed by atoms with van der Waals surface area (Å²) in [6, 6.07) is 8.86. The summed E-state index contributed by atoms with van der Waals surface area (Å²) >= 11 is 5.85. The van der Waals surface area contributed by atoms with Gasteiger partial charge in [0, 0.05) is 18.4 Å². The van der Waals surface area contributed by atoms with Crippen LogP contribution < -0.4 is 4.31 Å². The van der Waals surface area contributed by atoms with Gasteiger partial charge in [-0.1, -0.05) is 29.8 Å². The summed E-state index contributed by atoms with van der Waals surface area (Å²) in [5.74, 6) is 0. The normalized spacial score (nSPS) is 18.1. The van der Waals surface area contributed by atoms with Crippen molar-refractivity contribution >= 4 is 27.3 Å². The molecule has 6 heteroatoms. The molecule has 1 aliphatic heterocycles. The predicted molar refractivity (Wildman–Crippen MR) is 78.5 cm³/mol. The first-order valence-corrected chi connectivity index (χ1v) is 8.05. The van der Waals surface area contributed by atoms with Crippen molar-refractivity contribution in [3.63, 3.8) is 0 Å². The average molecular weight is 309 g/mol. The molecule has 4 nitrogen and oxygen atoms in total. The number of pyridine rings is 1. The Balaban J connectivity index is 2.13. The molecule has 0 unspecified atom stereocenters. The molecule has 1 atom stereocenters. The van der Waals surface area contributed by atoms with Gasteiger partial charge in [0.1, 0.15) is 4.90 Å². The number of fused-ring (bicyclic) bond motifs is 1. The molecule has 2 aromatic rings. The molecular formula is C14H13ClN2O2S. The molecule has 0 saturated carbocycles. The van der Waals surface area contributed by atoms with E-state index in [1.54, 1.807) is 0 Å². The minimum absolute atomic E-state index is 0.114. The third kappa shape index (κ3) is 2.07. The van der Waals surface area contributed by atoms with Crippen LogP contribution in [-0.4, -0.2) is 19.4 Å². The number of benzene rings is 1. The standard InChI is InChI=1S/C14H13ClN2O2S/c1-10-6-11-4-2-3-5-14(11)17(10)20(18,19)13-7-12(15)8-16-9-13/h2-5,7-10H,6H2,1H3/t10-/m0/s1. The number of hydrogen-bond acceptors (Lipinski definition) is 3. The van der Waals surface area contributed by atoms with E-state index >= 15 is 0 Å². The highest BCUT2D eigenvalue weighted by atomic mass is 35.5. The average Bonchev–Trinajstić information content (AvgIpc) is 2.75. The predicted octanol–water partition coefficient (Wildman–Crippen LogP) is 2.87. The van der Waals surface area contributed by atoms with Gasteiger partial charge in [-0.05, 0) is 31.0 Å². The van der Waals surface area contributed by atoms with E-state index in [9.17, 15) is 8.42 Å². The number of sulfonamides is 1. The van der Waals surface area contributed by atoms with Gasteiger partial charge in [0.2, 0.25) is 0 Å². The van der Waals surface area contributed by atoms with Gasteiger partial charge in [-0.2, -0.15) is 0 Å². The molecule has 0 radical (unpaired) electrons. The molecule has 1 aliphatic rings. The fraction of sp³-hybridized carbons (Fsp3) is 0.214. The lowest BCUT2D eigenvalue weighted by molar-refractivity contribution is 0.584. The van der Waals surface area contributed by atoms with Gasteiger partial charge in [-0.15, -0.1) is 0 Å². The largest absolute Gasteiger partial charge is 0.266 e. The number of para-hydroxylation sites is 1. The third-order valence-electron chi connectivity index (χ3n) is 3.38. The Morgan fingerprint density at radius 1 is 1.30 bits per heavy atom. The van der Waals surface area contributed by atoms with E-state index in [0.29, 0.717) is 11.4 Å². The van der Waals surface area contributed by atoms with Crippen molar-refractivity contribution in [2.45, 2.75) is 24.3 Å². The maximum atomic E-state index is 12.8. The zero-order valence-electron chi connectivity index (χ0n) is 10.8. The molecule has 0 aliphatic carbocycles. The van der Waals surface area contributed by atoms with E-state index in [0.717, 1.165) is 11.3 Å². The van der Waals surface area contributed by atoms with Crippen molar-refractivity contribution in [2.75, 3.05) is 4.31 Å². The van der Waals surface area contributed by atoms with Gasteiger partial charge >= 0.3 is 0 Å². The number of halogens is 1. The van der Waals surface area contributed by atoms with E-state index in [2.05, 4.69) is 4.98 Å². The van der Waals surface area contributed by atoms with Crippen molar-refractivity contribution < 1.29 is 8.42 Å². The van der Waals surface area contributed by atoms with Crippen molar-refractivity contribution in [3.05, 3.63) is 53.3 Å². The molecule has 1 aromatic heterocycles. The summed E-state index contributed by atoms with van der Waals surface area (Å²) in [7, 11) is -3.64. The SMILES string of the molecule is C[C@H]1Cc2ccccc2N1S(=O)(=O)c1cncc(Cl)c1. The van der Waals surface area contributed by atoms with Crippen LogP contribution in [0.4, 0.5) is 5.69 Å². The number of rotatable bonds is 2. The molecule has 3 rings (SSSR count). The van der Waals surface area contributed by atoms with E-state index in [1.165, 1.54) is 22.8 Å². The van der Waals surface area contributed by atoms with Crippen LogP contribution in [0.25, 0.3) is 0 Å². The summed E-state index contributed by atoms with van der Waals surface area (Å²) in [6.07, 6.45) is 3.46. The van der Waals surface area contributed by atoms with Crippen LogP contribution in [0, 0.1) is 0 Å². The van der Waals surface area contributed by atoms with Gasteiger partial charge in [-0.3, -0.25) is 9.29 Å². The van der Waals surface area contributed by atoms with Crippen molar-refractivity contribution in [2.24, 2.45) is 0 Å². The molecule has 104 valence electrons. The van der Waals surface area contributed by atoms with Gasteiger partial charge < -0.3 is 0 Å². The monoisotopic (exact) mass is 308 g/mol. The van der Waals surface area contributed by atoms with Crippen LogP contribution >= 0.6 is 11.6 Å². The first-order chi connectivity index (χ1) is 9.50. The van der Waals surface area contributed by atoms with E-state index in [1.807, 2.05) is 31.2 Å². The summed E-state index contributed by atoms with van der Waals surface area (Å²) in [5.41, 5.74) is 1.78. The zero-order valence-corrected chi connectivity index (χ0v) is 12.4. The Kier molecular flexibility index (Phi) is 3.18. The Hall–Kier alpha value is -1.59. The molecule has 1 aromatic carbocycles. The first kappa shape index (κ1) is 13.4. The highest BCUT2D eigenvalue weighted by Crippen LogP contribution is 2.36. The third-order valence-corrected chi connectivity index (χ3v) is 5.48. The van der Waals surface area contributed by atoms with Crippen LogP contribution in [0.3, 0.4) is 0 Å². The minimum atomic E-state index is -3.64. The van der Waals surface area contributed by atoms with Gasteiger partial charge in [0.25, 0.3) is 10.0 Å². The maximum absolute atomic E-state index is 12.8. The van der Waals surface area contributed by atoms with Crippen LogP contribution in [0.2, 0.25) is 5.02 Å². The van der Waals surface area contributed by atoms with Crippen LogP contribution in [0.1, 0.15) is 12.5 Å². The van der Waals surface area contributed by atoms with Crippen molar-refractivity contribution in [1.29, 1.82) is 0 Å². The quantitative estimate of drug-likeness (QED) is 0.857. The highest BCUT2D eigenvalue weighted by Gasteiger charge is 2.35. The first-order valence-electron chi connectivity index (χ1n) is 6.23.